The molecule has 192 valence electrons. The summed E-state index contributed by atoms with van der Waals surface area (Å²) in [6, 6.07) is 13.9. The molecule has 0 saturated carbocycles. The van der Waals surface area contributed by atoms with Gasteiger partial charge in [0.15, 0.2) is 15.0 Å². The second-order valence-electron chi connectivity index (χ2n) is 8.45. The van der Waals surface area contributed by atoms with Crippen LogP contribution >= 0.6 is 11.3 Å². The number of carboxylic acids is 1. The first-order valence-corrected chi connectivity index (χ1v) is 14.4. The number of aliphatic carboxylic acids is 1. The molecule has 3 aromatic rings. The first-order valence-electron chi connectivity index (χ1n) is 11.9. The van der Waals surface area contributed by atoms with Crippen molar-refractivity contribution in [2.75, 3.05) is 16.4 Å². The summed E-state index contributed by atoms with van der Waals surface area (Å²) in [5.74, 6) is -1.19. The minimum atomic E-state index is -3.39. The Bertz CT molecular complexity index is 1270. The van der Waals surface area contributed by atoms with Crippen molar-refractivity contribution in [1.29, 1.82) is 0 Å². The highest BCUT2D eigenvalue weighted by molar-refractivity contribution is 7.91. The van der Waals surface area contributed by atoms with E-state index in [1.165, 1.54) is 11.3 Å². The number of hydrogen-bond donors (Lipinski definition) is 3. The number of carbonyl (C=O) groups is 2. The summed E-state index contributed by atoms with van der Waals surface area (Å²) in [5, 5.41) is 16.7. The number of anilines is 2. The Morgan fingerprint density at radius 3 is 2.44 bits per heavy atom. The number of benzene rings is 2. The van der Waals surface area contributed by atoms with Crippen molar-refractivity contribution in [1.82, 2.24) is 4.98 Å². The van der Waals surface area contributed by atoms with Crippen LogP contribution < -0.4 is 10.6 Å². The molecule has 1 amide bonds. The lowest BCUT2D eigenvalue weighted by atomic mass is 10.1. The van der Waals surface area contributed by atoms with E-state index in [0.717, 1.165) is 31.2 Å². The molecule has 0 aliphatic carbocycles. The fourth-order valence-electron chi connectivity index (χ4n) is 3.63. The van der Waals surface area contributed by atoms with E-state index in [9.17, 15) is 18.0 Å². The molecule has 2 aromatic carbocycles. The highest BCUT2D eigenvalue weighted by Gasteiger charge is 2.18. The van der Waals surface area contributed by atoms with E-state index in [-0.39, 0.29) is 18.1 Å². The minimum Gasteiger partial charge on any atom is -0.481 e. The van der Waals surface area contributed by atoms with Crippen molar-refractivity contribution in [3.8, 4) is 0 Å². The van der Waals surface area contributed by atoms with Crippen LogP contribution in [0.5, 0.6) is 0 Å². The van der Waals surface area contributed by atoms with Crippen LogP contribution in [0.2, 0.25) is 0 Å². The number of para-hydroxylation sites is 1. The molecular formula is C26H31N3O5S2. The first-order chi connectivity index (χ1) is 17.3. The topological polar surface area (TPSA) is 125 Å². The summed E-state index contributed by atoms with van der Waals surface area (Å²) in [6.07, 6.45) is 4.66. The van der Waals surface area contributed by atoms with E-state index < -0.39 is 15.8 Å². The number of unbranched alkanes of at least 4 members (excludes halogenated alkanes) is 4. The van der Waals surface area contributed by atoms with Gasteiger partial charge in [0.05, 0.1) is 28.5 Å². The van der Waals surface area contributed by atoms with Crippen LogP contribution in [0.25, 0.3) is 0 Å². The molecule has 1 heterocycles. The number of nitrogens with one attached hydrogen (secondary N) is 2. The number of rotatable bonds is 14. The van der Waals surface area contributed by atoms with Crippen molar-refractivity contribution in [3.63, 3.8) is 0 Å². The molecule has 36 heavy (non-hydrogen) atoms. The van der Waals surface area contributed by atoms with Crippen LogP contribution in [0.3, 0.4) is 0 Å². The number of carbonyl (C=O) groups excluding carboxylic acids is 1. The lowest BCUT2D eigenvalue weighted by Crippen LogP contribution is -2.12. The van der Waals surface area contributed by atoms with Crippen molar-refractivity contribution in [3.05, 3.63) is 70.7 Å². The Morgan fingerprint density at radius 2 is 1.72 bits per heavy atom. The van der Waals surface area contributed by atoms with Gasteiger partial charge < -0.3 is 10.4 Å². The van der Waals surface area contributed by atoms with Gasteiger partial charge in [0.1, 0.15) is 0 Å². The molecule has 0 unspecified atom stereocenters. The van der Waals surface area contributed by atoms with Gasteiger partial charge in [0.2, 0.25) is 0 Å². The number of carboxylic acid groups (broad SMARTS) is 1. The van der Waals surface area contributed by atoms with Gasteiger partial charge >= 0.3 is 5.97 Å². The average molecular weight is 530 g/mol. The van der Waals surface area contributed by atoms with Crippen molar-refractivity contribution in [2.24, 2.45) is 0 Å². The van der Waals surface area contributed by atoms with Gasteiger partial charge in [-0.05, 0) is 36.2 Å². The fraction of sp³-hybridized carbons (Fsp3) is 0.346. The van der Waals surface area contributed by atoms with E-state index in [2.05, 4.69) is 22.5 Å². The Morgan fingerprint density at radius 1 is 1.00 bits per heavy atom. The highest BCUT2D eigenvalue weighted by atomic mass is 32.2. The normalized spacial score (nSPS) is 11.2. The van der Waals surface area contributed by atoms with Crippen molar-refractivity contribution < 1.29 is 23.1 Å². The van der Waals surface area contributed by atoms with Crippen molar-refractivity contribution in [2.45, 2.75) is 56.9 Å². The molecule has 0 aliphatic rings. The number of nitrogens with zero attached hydrogens (tertiary/aromatic N) is 1. The molecule has 0 fully saturated rings. The fourth-order valence-corrected chi connectivity index (χ4v) is 5.90. The van der Waals surface area contributed by atoms with E-state index in [0.29, 0.717) is 39.9 Å². The van der Waals surface area contributed by atoms with Crippen LogP contribution in [0, 0.1) is 0 Å². The molecule has 3 N–H and O–H groups in total. The quantitative estimate of drug-likeness (QED) is 0.239. The van der Waals surface area contributed by atoms with Gasteiger partial charge in [-0.25, -0.2) is 13.4 Å². The maximum Gasteiger partial charge on any atom is 0.309 e. The van der Waals surface area contributed by atoms with Crippen LogP contribution in [0.15, 0.2) is 58.8 Å². The van der Waals surface area contributed by atoms with E-state index in [4.69, 9.17) is 5.11 Å². The standard InChI is InChI=1S/C26H31N3O5S2/c1-2-3-4-5-8-15-36(33,34)23-10-7-6-9-22(23)27-17-19-11-13-20(14-12-19)25(32)29-26-28-21(18-35-26)16-24(30)31/h6-7,9-14,18,27H,2-5,8,15-17H2,1H3,(H,30,31)(H,28,29,32). The van der Waals surface area contributed by atoms with Crippen molar-refractivity contribution >= 4 is 43.9 Å². The predicted octanol–water partition coefficient (Wildman–Crippen LogP) is 5.38. The summed E-state index contributed by atoms with van der Waals surface area (Å²) in [5.41, 5.74) is 2.27. The summed E-state index contributed by atoms with van der Waals surface area (Å²) >= 11 is 1.17. The van der Waals surface area contributed by atoms with Gasteiger partial charge in [0, 0.05) is 17.5 Å². The maximum atomic E-state index is 12.9. The average Bonchev–Trinajstić information content (AvgIpc) is 3.28. The Labute approximate surface area is 215 Å². The summed E-state index contributed by atoms with van der Waals surface area (Å²) in [6.45, 7) is 2.53. The lowest BCUT2D eigenvalue weighted by molar-refractivity contribution is -0.136. The summed E-state index contributed by atoms with van der Waals surface area (Å²) in [4.78, 5) is 27.7. The van der Waals surface area contributed by atoms with Gasteiger partial charge in [-0.15, -0.1) is 11.3 Å². The zero-order valence-electron chi connectivity index (χ0n) is 20.2. The first kappa shape index (κ1) is 27.3. The molecule has 0 radical (unpaired) electrons. The van der Waals surface area contributed by atoms with Crippen LogP contribution in [0.1, 0.15) is 60.6 Å². The third kappa shape index (κ3) is 8.17. The molecule has 3 rings (SSSR count). The van der Waals surface area contributed by atoms with E-state index in [1.807, 2.05) is 0 Å². The van der Waals surface area contributed by atoms with Crippen LogP contribution in [-0.2, 0) is 27.6 Å². The number of hydrogen-bond acceptors (Lipinski definition) is 7. The maximum absolute atomic E-state index is 12.9. The largest absolute Gasteiger partial charge is 0.481 e. The molecule has 0 bridgehead atoms. The third-order valence-corrected chi connectivity index (χ3v) is 8.20. The summed E-state index contributed by atoms with van der Waals surface area (Å²) < 4.78 is 25.8. The van der Waals surface area contributed by atoms with Gasteiger partial charge in [-0.2, -0.15) is 0 Å². The predicted molar refractivity (Wildman–Crippen MR) is 142 cm³/mol. The monoisotopic (exact) mass is 529 g/mol. The molecule has 8 nitrogen and oxygen atoms in total. The number of aromatic nitrogens is 1. The SMILES string of the molecule is CCCCCCCS(=O)(=O)c1ccccc1NCc1ccc(C(=O)Nc2nc(CC(=O)O)cs2)cc1. The highest BCUT2D eigenvalue weighted by Crippen LogP contribution is 2.24. The second kappa shape index (κ2) is 13.2. The number of sulfone groups is 1. The molecule has 10 heteroatoms. The molecule has 0 aliphatic heterocycles. The number of thiazole rings is 1. The van der Waals surface area contributed by atoms with E-state index in [1.54, 1.807) is 53.9 Å². The van der Waals surface area contributed by atoms with Gasteiger partial charge in [-0.3, -0.25) is 14.9 Å². The Kier molecular flexibility index (Phi) is 10.0. The number of amides is 1. The minimum absolute atomic E-state index is 0.135. The Balaban J connectivity index is 1.57. The molecule has 1 aromatic heterocycles. The molecule has 0 saturated heterocycles. The summed E-state index contributed by atoms with van der Waals surface area (Å²) in [7, 11) is -3.39. The van der Waals surface area contributed by atoms with Gasteiger partial charge in [-0.1, -0.05) is 56.9 Å². The van der Waals surface area contributed by atoms with E-state index >= 15 is 0 Å². The van der Waals surface area contributed by atoms with Crippen LogP contribution in [-0.4, -0.2) is 36.1 Å². The molecule has 0 spiro atoms. The smallest absolute Gasteiger partial charge is 0.309 e. The zero-order valence-corrected chi connectivity index (χ0v) is 21.8. The zero-order chi connectivity index (χ0) is 26.0. The van der Waals surface area contributed by atoms with Gasteiger partial charge in [0.25, 0.3) is 5.91 Å². The molecule has 0 atom stereocenters. The molecular weight excluding hydrogens is 498 g/mol. The Hall–Kier alpha value is -3.24. The lowest BCUT2D eigenvalue weighted by Gasteiger charge is -2.13. The second-order valence-corrected chi connectivity index (χ2v) is 11.4. The van der Waals surface area contributed by atoms with Crippen LogP contribution in [0.4, 0.5) is 10.8 Å². The third-order valence-electron chi connectivity index (χ3n) is 5.54.